The molecule has 24 heavy (non-hydrogen) atoms. The number of hydrogen-bond acceptors (Lipinski definition) is 5. The second-order valence-electron chi connectivity index (χ2n) is 6.52. The van der Waals surface area contributed by atoms with E-state index in [1.165, 1.54) is 0 Å². The molecule has 0 aliphatic carbocycles. The molecule has 3 aromatic rings. The molecule has 3 heterocycles. The number of nitrogens with zero attached hydrogens (tertiary/aromatic N) is 5. The number of amides is 1. The summed E-state index contributed by atoms with van der Waals surface area (Å²) in [5, 5.41) is 7.93. The largest absolute Gasteiger partial charge is 0.421 e. The third-order valence-electron chi connectivity index (χ3n) is 4.34. The zero-order chi connectivity index (χ0) is 17.1. The van der Waals surface area contributed by atoms with Gasteiger partial charge < -0.3 is 8.98 Å². The SMILES string of the molecule is Cc1nnc(-c2ccc3c(c2)N(c2cn(C)cn2)C(=O)C3(C)C)o1. The van der Waals surface area contributed by atoms with Crippen LogP contribution in [-0.4, -0.2) is 25.7 Å². The van der Waals surface area contributed by atoms with Gasteiger partial charge in [-0.25, -0.2) is 4.98 Å². The summed E-state index contributed by atoms with van der Waals surface area (Å²) in [5.41, 5.74) is 1.92. The fourth-order valence-electron chi connectivity index (χ4n) is 3.04. The monoisotopic (exact) mass is 323 g/mol. The van der Waals surface area contributed by atoms with Crippen molar-refractivity contribution in [2.45, 2.75) is 26.2 Å². The average Bonchev–Trinajstić information content (AvgIpc) is 3.20. The minimum Gasteiger partial charge on any atom is -0.421 e. The molecule has 0 bridgehead atoms. The molecule has 0 saturated carbocycles. The number of benzene rings is 1. The first-order chi connectivity index (χ1) is 11.4. The Morgan fingerprint density at radius 2 is 2.00 bits per heavy atom. The van der Waals surface area contributed by atoms with E-state index in [1.807, 2.05) is 49.9 Å². The molecule has 7 nitrogen and oxygen atoms in total. The zero-order valence-electron chi connectivity index (χ0n) is 13.9. The molecule has 0 fully saturated rings. The third kappa shape index (κ3) is 1.97. The molecule has 122 valence electrons. The molecular formula is C17H17N5O2. The van der Waals surface area contributed by atoms with E-state index in [4.69, 9.17) is 4.42 Å². The molecule has 0 N–H and O–H groups in total. The van der Waals surface area contributed by atoms with Crippen LogP contribution in [0.25, 0.3) is 11.5 Å². The highest BCUT2D eigenvalue weighted by atomic mass is 16.4. The standard InChI is InChI=1S/C17H17N5O2/c1-10-19-20-15(24-10)11-5-6-12-13(7-11)22(16(23)17(12,2)3)14-8-21(4)9-18-14/h5-9H,1-4H3. The second kappa shape index (κ2) is 4.77. The van der Waals surface area contributed by atoms with Crippen LogP contribution >= 0.6 is 0 Å². The summed E-state index contributed by atoms with van der Waals surface area (Å²) in [6.45, 7) is 5.60. The topological polar surface area (TPSA) is 77.1 Å². The van der Waals surface area contributed by atoms with Crippen molar-refractivity contribution < 1.29 is 9.21 Å². The summed E-state index contributed by atoms with van der Waals surface area (Å²) in [6, 6.07) is 5.76. The Morgan fingerprint density at radius 3 is 2.62 bits per heavy atom. The van der Waals surface area contributed by atoms with Gasteiger partial charge in [0.25, 0.3) is 0 Å². The number of imidazole rings is 1. The van der Waals surface area contributed by atoms with Crippen LogP contribution in [0.4, 0.5) is 11.5 Å². The van der Waals surface area contributed by atoms with Gasteiger partial charge in [0, 0.05) is 25.7 Å². The van der Waals surface area contributed by atoms with Gasteiger partial charge in [-0.2, -0.15) is 0 Å². The van der Waals surface area contributed by atoms with Crippen LogP contribution < -0.4 is 4.90 Å². The van der Waals surface area contributed by atoms with E-state index in [0.29, 0.717) is 17.6 Å². The lowest BCUT2D eigenvalue weighted by atomic mass is 9.86. The summed E-state index contributed by atoms with van der Waals surface area (Å²) in [5.74, 6) is 1.54. The van der Waals surface area contributed by atoms with Crippen LogP contribution in [0.2, 0.25) is 0 Å². The fraction of sp³-hybridized carbons (Fsp3) is 0.294. The van der Waals surface area contributed by atoms with Crippen molar-refractivity contribution in [1.82, 2.24) is 19.7 Å². The van der Waals surface area contributed by atoms with Gasteiger partial charge in [-0.3, -0.25) is 9.69 Å². The van der Waals surface area contributed by atoms with Gasteiger partial charge in [0.05, 0.1) is 17.4 Å². The molecule has 0 atom stereocenters. The van der Waals surface area contributed by atoms with Gasteiger partial charge in [-0.15, -0.1) is 10.2 Å². The van der Waals surface area contributed by atoms with E-state index in [9.17, 15) is 4.79 Å². The summed E-state index contributed by atoms with van der Waals surface area (Å²) in [7, 11) is 1.88. The summed E-state index contributed by atoms with van der Waals surface area (Å²) < 4.78 is 7.33. The van der Waals surface area contributed by atoms with E-state index >= 15 is 0 Å². The van der Waals surface area contributed by atoms with Crippen molar-refractivity contribution in [3.05, 3.63) is 42.2 Å². The lowest BCUT2D eigenvalue weighted by molar-refractivity contribution is -0.121. The molecule has 0 spiro atoms. The lowest BCUT2D eigenvalue weighted by Gasteiger charge is -2.18. The van der Waals surface area contributed by atoms with Crippen LogP contribution in [0.3, 0.4) is 0 Å². The quantitative estimate of drug-likeness (QED) is 0.724. The molecule has 1 aromatic carbocycles. The van der Waals surface area contributed by atoms with Gasteiger partial charge in [-0.1, -0.05) is 6.07 Å². The molecule has 1 aliphatic heterocycles. The van der Waals surface area contributed by atoms with Crippen LogP contribution in [0.1, 0.15) is 25.3 Å². The van der Waals surface area contributed by atoms with Crippen LogP contribution in [-0.2, 0) is 17.3 Å². The number of anilines is 2. The minimum absolute atomic E-state index is 0.00457. The Labute approximate surface area is 138 Å². The van der Waals surface area contributed by atoms with Gasteiger partial charge in [0.2, 0.25) is 17.7 Å². The molecule has 7 heteroatoms. The first-order valence-corrected chi connectivity index (χ1v) is 7.65. The minimum atomic E-state index is -0.615. The van der Waals surface area contributed by atoms with Gasteiger partial charge in [0.15, 0.2) is 5.82 Å². The Bertz CT molecular complexity index is 954. The maximum absolute atomic E-state index is 13.0. The maximum Gasteiger partial charge on any atom is 0.247 e. The molecule has 2 aromatic heterocycles. The number of hydrogen-bond donors (Lipinski definition) is 0. The van der Waals surface area contributed by atoms with E-state index in [-0.39, 0.29) is 5.91 Å². The summed E-state index contributed by atoms with van der Waals surface area (Å²) >= 11 is 0. The average molecular weight is 323 g/mol. The van der Waals surface area contributed by atoms with Crippen molar-refractivity contribution >= 4 is 17.4 Å². The Hall–Kier alpha value is -2.96. The van der Waals surface area contributed by atoms with Crippen molar-refractivity contribution in [3.8, 4) is 11.5 Å². The van der Waals surface area contributed by atoms with Gasteiger partial charge in [-0.05, 0) is 31.5 Å². The van der Waals surface area contributed by atoms with E-state index in [1.54, 1.807) is 18.2 Å². The fourth-order valence-corrected chi connectivity index (χ4v) is 3.04. The predicted octanol–water partition coefficient (Wildman–Crippen LogP) is 2.73. The summed E-state index contributed by atoms with van der Waals surface area (Å²) in [4.78, 5) is 19.0. The van der Waals surface area contributed by atoms with Crippen molar-refractivity contribution in [1.29, 1.82) is 0 Å². The van der Waals surface area contributed by atoms with E-state index < -0.39 is 5.41 Å². The van der Waals surface area contributed by atoms with Crippen LogP contribution in [0.5, 0.6) is 0 Å². The Kier molecular flexibility index (Phi) is 2.90. The number of aryl methyl sites for hydroxylation is 2. The van der Waals surface area contributed by atoms with Crippen LogP contribution in [0.15, 0.2) is 35.1 Å². The lowest BCUT2D eigenvalue weighted by Crippen LogP contribution is -2.33. The number of carbonyl (C=O) groups excluding carboxylic acids is 1. The normalized spacial score (nSPS) is 15.8. The van der Waals surface area contributed by atoms with Crippen LogP contribution in [0, 0.1) is 6.92 Å². The number of aromatic nitrogens is 4. The molecule has 0 unspecified atom stereocenters. The first kappa shape index (κ1) is 14.6. The van der Waals surface area contributed by atoms with Gasteiger partial charge >= 0.3 is 0 Å². The Balaban J connectivity index is 1.90. The number of rotatable bonds is 2. The van der Waals surface area contributed by atoms with Crippen molar-refractivity contribution in [2.75, 3.05) is 4.90 Å². The summed E-state index contributed by atoms with van der Waals surface area (Å²) in [6.07, 6.45) is 3.51. The van der Waals surface area contributed by atoms with E-state index in [2.05, 4.69) is 15.2 Å². The molecule has 1 amide bonds. The molecule has 0 saturated heterocycles. The molecule has 4 rings (SSSR count). The number of fused-ring (bicyclic) bond motifs is 1. The molecule has 1 aliphatic rings. The highest BCUT2D eigenvalue weighted by molar-refractivity contribution is 6.12. The predicted molar refractivity (Wildman–Crippen MR) is 87.9 cm³/mol. The van der Waals surface area contributed by atoms with E-state index in [0.717, 1.165) is 16.8 Å². The molecular weight excluding hydrogens is 306 g/mol. The molecule has 0 radical (unpaired) electrons. The van der Waals surface area contributed by atoms with Gasteiger partial charge in [0.1, 0.15) is 0 Å². The first-order valence-electron chi connectivity index (χ1n) is 7.65. The zero-order valence-corrected chi connectivity index (χ0v) is 13.9. The maximum atomic E-state index is 13.0. The highest BCUT2D eigenvalue weighted by Crippen LogP contribution is 2.46. The van der Waals surface area contributed by atoms with Crippen molar-refractivity contribution in [2.24, 2.45) is 7.05 Å². The highest BCUT2D eigenvalue weighted by Gasteiger charge is 2.45. The third-order valence-corrected chi connectivity index (χ3v) is 4.34. The number of carbonyl (C=O) groups is 1. The van der Waals surface area contributed by atoms with Crippen molar-refractivity contribution in [3.63, 3.8) is 0 Å². The second-order valence-corrected chi connectivity index (χ2v) is 6.52. The Morgan fingerprint density at radius 1 is 1.21 bits per heavy atom. The smallest absolute Gasteiger partial charge is 0.247 e.